The van der Waals surface area contributed by atoms with E-state index < -0.39 is 0 Å². The summed E-state index contributed by atoms with van der Waals surface area (Å²) in [5, 5.41) is 0. The number of esters is 1. The molecule has 0 aliphatic carbocycles. The Morgan fingerprint density at radius 1 is 1.00 bits per heavy atom. The molecule has 0 unspecified atom stereocenters. The summed E-state index contributed by atoms with van der Waals surface area (Å²) >= 11 is 0. The summed E-state index contributed by atoms with van der Waals surface area (Å²) in [4.78, 5) is 19.3. The SMILES string of the molecule is C=O.O.O=C1OCc2cc(Cc3ccccc3)ccc21. The summed E-state index contributed by atoms with van der Waals surface area (Å²) in [6.45, 7) is 2.41. The van der Waals surface area contributed by atoms with Crippen LogP contribution in [0, 0.1) is 0 Å². The van der Waals surface area contributed by atoms with Crippen LogP contribution in [-0.2, 0) is 22.6 Å². The molecule has 0 spiro atoms. The molecule has 2 aromatic carbocycles. The van der Waals surface area contributed by atoms with E-state index in [1.54, 1.807) is 0 Å². The second-order valence-corrected chi connectivity index (χ2v) is 4.23. The molecule has 20 heavy (non-hydrogen) atoms. The largest absolute Gasteiger partial charge is 0.457 e. The quantitative estimate of drug-likeness (QED) is 0.784. The standard InChI is InChI=1S/C15H12O2.CH2O.H2O/c16-15-14-7-6-12(9-13(14)10-17-15)8-11-4-2-1-3-5-11;1-2;/h1-7,9H,8,10H2;1H2;1H2. The number of rotatable bonds is 2. The zero-order chi connectivity index (χ0) is 13.7. The number of hydrogen-bond donors (Lipinski definition) is 0. The average Bonchev–Trinajstić information content (AvgIpc) is 2.83. The molecule has 4 heteroatoms. The molecule has 0 saturated heterocycles. The number of carbonyl (C=O) groups is 2. The highest BCUT2D eigenvalue weighted by Gasteiger charge is 2.20. The van der Waals surface area contributed by atoms with Gasteiger partial charge in [-0.1, -0.05) is 42.5 Å². The third kappa shape index (κ3) is 3.30. The molecule has 0 atom stereocenters. The van der Waals surface area contributed by atoms with E-state index in [4.69, 9.17) is 9.53 Å². The highest BCUT2D eigenvalue weighted by Crippen LogP contribution is 2.22. The summed E-state index contributed by atoms with van der Waals surface area (Å²) in [5.41, 5.74) is 4.20. The Morgan fingerprint density at radius 3 is 2.40 bits per heavy atom. The van der Waals surface area contributed by atoms with E-state index in [1.165, 1.54) is 11.1 Å². The van der Waals surface area contributed by atoms with Gasteiger partial charge in [-0.3, -0.25) is 0 Å². The number of hydrogen-bond acceptors (Lipinski definition) is 3. The molecule has 1 aliphatic rings. The Balaban J connectivity index is 0.000000639. The Kier molecular flexibility index (Phi) is 5.62. The fraction of sp³-hybridized carbons (Fsp3) is 0.125. The lowest BCUT2D eigenvalue weighted by Gasteiger charge is -2.03. The summed E-state index contributed by atoms with van der Waals surface area (Å²) in [6.07, 6.45) is 0.891. The van der Waals surface area contributed by atoms with Gasteiger partial charge in [0.25, 0.3) is 0 Å². The molecular weight excluding hydrogens is 256 g/mol. The van der Waals surface area contributed by atoms with Crippen molar-refractivity contribution in [1.29, 1.82) is 0 Å². The summed E-state index contributed by atoms with van der Waals surface area (Å²) in [6, 6.07) is 16.2. The predicted octanol–water partition coefficient (Wildman–Crippen LogP) is 1.94. The van der Waals surface area contributed by atoms with Gasteiger partial charge >= 0.3 is 5.97 Å². The molecule has 2 aromatic rings. The van der Waals surface area contributed by atoms with Crippen molar-refractivity contribution in [2.45, 2.75) is 13.0 Å². The van der Waals surface area contributed by atoms with Crippen molar-refractivity contribution >= 4 is 12.8 Å². The fourth-order valence-electron chi connectivity index (χ4n) is 2.13. The molecule has 1 heterocycles. The first-order chi connectivity index (χ1) is 9.33. The van der Waals surface area contributed by atoms with Gasteiger partial charge in [0, 0.05) is 5.56 Å². The highest BCUT2D eigenvalue weighted by molar-refractivity contribution is 5.93. The van der Waals surface area contributed by atoms with Crippen molar-refractivity contribution in [3.05, 3.63) is 70.8 Å². The lowest BCUT2D eigenvalue weighted by Crippen LogP contribution is -1.94. The smallest absolute Gasteiger partial charge is 0.338 e. The van der Waals surface area contributed by atoms with Gasteiger partial charge in [0.15, 0.2) is 0 Å². The number of fused-ring (bicyclic) bond motifs is 1. The highest BCUT2D eigenvalue weighted by atomic mass is 16.5. The number of ether oxygens (including phenoxy) is 1. The number of benzene rings is 2. The Morgan fingerprint density at radius 2 is 1.70 bits per heavy atom. The zero-order valence-corrected chi connectivity index (χ0v) is 11.0. The molecule has 3 rings (SSSR count). The van der Waals surface area contributed by atoms with E-state index in [-0.39, 0.29) is 11.4 Å². The molecule has 104 valence electrons. The van der Waals surface area contributed by atoms with Crippen LogP contribution in [0.15, 0.2) is 48.5 Å². The van der Waals surface area contributed by atoms with Crippen molar-refractivity contribution in [2.75, 3.05) is 0 Å². The minimum Gasteiger partial charge on any atom is -0.457 e. The molecule has 2 N–H and O–H groups in total. The first kappa shape index (κ1) is 15.6. The van der Waals surface area contributed by atoms with Gasteiger partial charge in [-0.2, -0.15) is 0 Å². The van der Waals surface area contributed by atoms with E-state index >= 15 is 0 Å². The van der Waals surface area contributed by atoms with Crippen LogP contribution < -0.4 is 0 Å². The fourth-order valence-corrected chi connectivity index (χ4v) is 2.13. The van der Waals surface area contributed by atoms with Crippen LogP contribution in [0.5, 0.6) is 0 Å². The maximum absolute atomic E-state index is 11.3. The maximum atomic E-state index is 11.3. The topological polar surface area (TPSA) is 74.9 Å². The Bertz CT molecular complexity index is 578. The number of cyclic esters (lactones) is 1. The first-order valence-electron chi connectivity index (χ1n) is 5.94. The average molecular weight is 272 g/mol. The monoisotopic (exact) mass is 272 g/mol. The van der Waals surface area contributed by atoms with E-state index in [2.05, 4.69) is 18.2 Å². The van der Waals surface area contributed by atoms with Gasteiger partial charge in [0.05, 0.1) is 5.56 Å². The predicted molar refractivity (Wildman–Crippen MR) is 75.5 cm³/mol. The second-order valence-electron chi connectivity index (χ2n) is 4.23. The van der Waals surface area contributed by atoms with Crippen LogP contribution in [0.2, 0.25) is 0 Å². The lowest BCUT2D eigenvalue weighted by molar-refractivity contribution is -0.0980. The third-order valence-electron chi connectivity index (χ3n) is 3.00. The minimum absolute atomic E-state index is 0. The van der Waals surface area contributed by atoms with Gasteiger partial charge in [0.2, 0.25) is 0 Å². The third-order valence-corrected chi connectivity index (χ3v) is 3.00. The van der Waals surface area contributed by atoms with Gasteiger partial charge in [-0.05, 0) is 23.6 Å². The summed E-state index contributed by atoms with van der Waals surface area (Å²) < 4.78 is 4.99. The van der Waals surface area contributed by atoms with E-state index in [9.17, 15) is 4.79 Å². The molecule has 1 aliphatic heterocycles. The molecule has 0 saturated carbocycles. The van der Waals surface area contributed by atoms with Gasteiger partial charge in [0.1, 0.15) is 13.4 Å². The van der Waals surface area contributed by atoms with Gasteiger partial charge in [-0.25, -0.2) is 4.79 Å². The lowest BCUT2D eigenvalue weighted by atomic mass is 10.0. The molecule has 0 fully saturated rings. The van der Waals surface area contributed by atoms with Crippen molar-refractivity contribution in [2.24, 2.45) is 0 Å². The van der Waals surface area contributed by atoms with Crippen molar-refractivity contribution in [3.8, 4) is 0 Å². The molecule has 4 nitrogen and oxygen atoms in total. The van der Waals surface area contributed by atoms with Gasteiger partial charge in [-0.15, -0.1) is 0 Å². The maximum Gasteiger partial charge on any atom is 0.338 e. The zero-order valence-electron chi connectivity index (χ0n) is 11.0. The van der Waals surface area contributed by atoms with Crippen LogP contribution in [-0.4, -0.2) is 18.2 Å². The van der Waals surface area contributed by atoms with Crippen molar-refractivity contribution in [3.63, 3.8) is 0 Å². The molecule has 0 aromatic heterocycles. The van der Waals surface area contributed by atoms with Crippen LogP contribution >= 0.6 is 0 Å². The van der Waals surface area contributed by atoms with Crippen LogP contribution in [0.3, 0.4) is 0 Å². The van der Waals surface area contributed by atoms with E-state index in [0.717, 1.165) is 12.0 Å². The van der Waals surface area contributed by atoms with Crippen molar-refractivity contribution in [1.82, 2.24) is 0 Å². The minimum atomic E-state index is -0.203. The molecule has 0 bridgehead atoms. The van der Waals surface area contributed by atoms with E-state index in [0.29, 0.717) is 12.2 Å². The normalized spacial score (nSPS) is 11.5. The van der Waals surface area contributed by atoms with Crippen LogP contribution in [0.4, 0.5) is 0 Å². The Hall–Kier alpha value is -2.46. The van der Waals surface area contributed by atoms with E-state index in [1.807, 2.05) is 37.1 Å². The molecule has 0 amide bonds. The number of carbonyl (C=O) groups excluding carboxylic acids is 2. The van der Waals surface area contributed by atoms with Crippen molar-refractivity contribution < 1.29 is 19.8 Å². The van der Waals surface area contributed by atoms with Crippen LogP contribution in [0.1, 0.15) is 27.0 Å². The Labute approximate surface area is 117 Å². The second kappa shape index (κ2) is 7.21. The molecule has 0 radical (unpaired) electrons. The first-order valence-corrected chi connectivity index (χ1v) is 5.94. The van der Waals surface area contributed by atoms with Crippen LogP contribution in [0.25, 0.3) is 0 Å². The van der Waals surface area contributed by atoms with Gasteiger partial charge < -0.3 is 15.0 Å². The summed E-state index contributed by atoms with van der Waals surface area (Å²) in [7, 11) is 0. The molecular formula is C16H16O4. The summed E-state index contributed by atoms with van der Waals surface area (Å²) in [5.74, 6) is -0.203.